The number of nitrogens with zero attached hydrogens (tertiary/aromatic N) is 1. The number of hydrogen-bond acceptors (Lipinski definition) is 2. The maximum Gasteiger partial charge on any atom is 0.407 e. The van der Waals surface area contributed by atoms with Crippen molar-refractivity contribution in [3.63, 3.8) is 0 Å². The van der Waals surface area contributed by atoms with Crippen molar-refractivity contribution >= 4 is 6.09 Å². The van der Waals surface area contributed by atoms with E-state index >= 15 is 0 Å². The number of amides is 1. The number of carboxylic acid groups (broad SMARTS) is 1. The van der Waals surface area contributed by atoms with Crippen LogP contribution in [0.5, 0.6) is 0 Å². The first-order valence-electron chi connectivity index (χ1n) is 6.94. The predicted molar refractivity (Wildman–Crippen MR) is 72.0 cm³/mol. The minimum Gasteiger partial charge on any atom is -0.465 e. The van der Waals surface area contributed by atoms with E-state index in [9.17, 15) is 23.8 Å². The second-order valence-corrected chi connectivity index (χ2v) is 7.11. The van der Waals surface area contributed by atoms with Gasteiger partial charge in [-0.3, -0.25) is 0 Å². The molecule has 1 amide bonds. The summed E-state index contributed by atoms with van der Waals surface area (Å²) in [7, 11) is 0. The Balaban J connectivity index is 2.83. The summed E-state index contributed by atoms with van der Waals surface area (Å²) < 4.78 is 25.9. The fourth-order valence-corrected chi connectivity index (χ4v) is 2.74. The molecule has 0 saturated carbocycles. The summed E-state index contributed by atoms with van der Waals surface area (Å²) in [4.78, 5) is 12.6. The van der Waals surface area contributed by atoms with E-state index in [0.29, 0.717) is 0 Å². The summed E-state index contributed by atoms with van der Waals surface area (Å²) in [6.45, 7) is 6.71. The maximum absolute atomic E-state index is 13.0. The van der Waals surface area contributed by atoms with Gasteiger partial charge in [0, 0.05) is 19.0 Å². The topological polar surface area (TPSA) is 60.8 Å². The van der Waals surface area contributed by atoms with E-state index in [0.717, 1.165) is 6.92 Å². The summed E-state index contributed by atoms with van der Waals surface area (Å²) in [5.74, 6) is -2.81. The zero-order valence-electron chi connectivity index (χ0n) is 12.6. The van der Waals surface area contributed by atoms with Crippen LogP contribution in [0.4, 0.5) is 13.6 Å². The summed E-state index contributed by atoms with van der Waals surface area (Å²) in [5.41, 5.74) is -1.55. The van der Waals surface area contributed by atoms with Crippen LogP contribution in [-0.2, 0) is 0 Å². The van der Waals surface area contributed by atoms with Crippen LogP contribution in [0.15, 0.2) is 0 Å². The van der Waals surface area contributed by atoms with Crippen LogP contribution >= 0.6 is 0 Å². The molecule has 1 aliphatic rings. The summed E-state index contributed by atoms with van der Waals surface area (Å²) in [6, 6.07) is -0.371. The highest BCUT2D eigenvalue weighted by atomic mass is 19.3. The Morgan fingerprint density at radius 3 is 2.30 bits per heavy atom. The molecule has 2 N–H and O–H groups in total. The molecule has 2 unspecified atom stereocenters. The number of rotatable bonds is 3. The van der Waals surface area contributed by atoms with E-state index in [-0.39, 0.29) is 43.7 Å². The molecule has 0 radical (unpaired) electrons. The largest absolute Gasteiger partial charge is 0.465 e. The zero-order chi connectivity index (χ0) is 15.8. The molecule has 0 aromatic heterocycles. The molecule has 1 saturated heterocycles. The van der Waals surface area contributed by atoms with Gasteiger partial charge in [-0.25, -0.2) is 13.6 Å². The smallest absolute Gasteiger partial charge is 0.407 e. The molecule has 0 aromatic carbocycles. The van der Waals surface area contributed by atoms with Gasteiger partial charge in [0.25, 0.3) is 0 Å². The van der Waals surface area contributed by atoms with Gasteiger partial charge in [-0.05, 0) is 31.6 Å². The van der Waals surface area contributed by atoms with Crippen LogP contribution < -0.4 is 0 Å². The molecule has 20 heavy (non-hydrogen) atoms. The van der Waals surface area contributed by atoms with E-state index in [1.165, 1.54) is 4.90 Å². The van der Waals surface area contributed by atoms with Crippen molar-refractivity contribution in [1.82, 2.24) is 4.90 Å². The first-order chi connectivity index (χ1) is 8.84. The molecule has 4 nitrogen and oxygen atoms in total. The molecule has 0 aromatic rings. The number of halogens is 2. The third-order valence-corrected chi connectivity index (χ3v) is 4.04. The minimum absolute atomic E-state index is 0.00343. The SMILES string of the molecule is CC(F)(F)CCC1(O)CCN(C(=O)O)C(C(C)(C)C)C1. The number of aliphatic hydroxyl groups is 1. The number of piperidine rings is 1. The Morgan fingerprint density at radius 2 is 1.90 bits per heavy atom. The van der Waals surface area contributed by atoms with E-state index in [1.807, 2.05) is 20.8 Å². The Hall–Kier alpha value is -0.910. The normalized spacial score (nSPS) is 28.6. The summed E-state index contributed by atoms with van der Waals surface area (Å²) in [6.07, 6.45) is -0.988. The van der Waals surface area contributed by atoms with Gasteiger partial charge in [0.1, 0.15) is 0 Å². The van der Waals surface area contributed by atoms with Gasteiger partial charge in [-0.1, -0.05) is 20.8 Å². The lowest BCUT2D eigenvalue weighted by Crippen LogP contribution is -2.57. The summed E-state index contributed by atoms with van der Waals surface area (Å²) >= 11 is 0. The number of alkyl halides is 2. The average Bonchev–Trinajstić information content (AvgIpc) is 2.24. The molecule has 1 rings (SSSR count). The molecule has 1 fully saturated rings. The van der Waals surface area contributed by atoms with Crippen LogP contribution in [0.1, 0.15) is 53.4 Å². The molecular formula is C14H25F2NO3. The van der Waals surface area contributed by atoms with Crippen LogP contribution in [0.25, 0.3) is 0 Å². The maximum atomic E-state index is 13.0. The number of likely N-dealkylation sites (tertiary alicyclic amines) is 1. The minimum atomic E-state index is -2.81. The molecular weight excluding hydrogens is 268 g/mol. The Morgan fingerprint density at radius 1 is 1.35 bits per heavy atom. The molecule has 0 spiro atoms. The predicted octanol–water partition coefficient (Wildman–Crippen LogP) is 3.34. The van der Waals surface area contributed by atoms with Gasteiger partial charge in [-0.2, -0.15) is 0 Å². The van der Waals surface area contributed by atoms with Crippen molar-refractivity contribution in [2.45, 2.75) is 70.9 Å². The lowest BCUT2D eigenvalue weighted by Gasteiger charge is -2.48. The van der Waals surface area contributed by atoms with Crippen LogP contribution in [0, 0.1) is 5.41 Å². The van der Waals surface area contributed by atoms with Crippen molar-refractivity contribution in [3.05, 3.63) is 0 Å². The number of carbonyl (C=O) groups is 1. The Bertz CT molecular complexity index is 362. The van der Waals surface area contributed by atoms with E-state index in [1.54, 1.807) is 0 Å². The second-order valence-electron chi connectivity index (χ2n) is 7.11. The first-order valence-corrected chi connectivity index (χ1v) is 6.94. The van der Waals surface area contributed by atoms with Crippen molar-refractivity contribution in [2.24, 2.45) is 5.41 Å². The first kappa shape index (κ1) is 17.1. The molecule has 0 bridgehead atoms. The molecule has 0 aliphatic carbocycles. The van der Waals surface area contributed by atoms with Crippen LogP contribution in [0.3, 0.4) is 0 Å². The van der Waals surface area contributed by atoms with Gasteiger partial charge >= 0.3 is 6.09 Å². The van der Waals surface area contributed by atoms with Gasteiger partial charge in [-0.15, -0.1) is 0 Å². The fourth-order valence-electron chi connectivity index (χ4n) is 2.74. The highest BCUT2D eigenvalue weighted by molar-refractivity contribution is 5.65. The van der Waals surface area contributed by atoms with Crippen molar-refractivity contribution in [3.8, 4) is 0 Å². The molecule has 1 aliphatic heterocycles. The van der Waals surface area contributed by atoms with Gasteiger partial charge in [0.15, 0.2) is 0 Å². The Kier molecular flexibility index (Phi) is 4.69. The summed E-state index contributed by atoms with van der Waals surface area (Å²) in [5, 5.41) is 19.7. The standard InChI is InChI=1S/C14H25F2NO3/c1-12(2,3)10-9-14(20,6-5-13(4,15)16)7-8-17(10)11(18)19/h10,20H,5-9H2,1-4H3,(H,18,19). The van der Waals surface area contributed by atoms with Gasteiger partial charge in [0.05, 0.1) is 5.60 Å². The highest BCUT2D eigenvalue weighted by Crippen LogP contribution is 2.39. The second kappa shape index (κ2) is 5.47. The molecule has 118 valence electrons. The third kappa shape index (κ3) is 4.58. The van der Waals surface area contributed by atoms with E-state index in [4.69, 9.17) is 0 Å². The molecule has 2 atom stereocenters. The van der Waals surface area contributed by atoms with Crippen molar-refractivity contribution < 1.29 is 23.8 Å². The number of hydrogen-bond donors (Lipinski definition) is 2. The van der Waals surface area contributed by atoms with Gasteiger partial charge in [0.2, 0.25) is 5.92 Å². The van der Waals surface area contributed by atoms with E-state index < -0.39 is 17.6 Å². The van der Waals surface area contributed by atoms with Crippen molar-refractivity contribution in [2.75, 3.05) is 6.54 Å². The molecule has 6 heteroatoms. The zero-order valence-corrected chi connectivity index (χ0v) is 12.6. The van der Waals surface area contributed by atoms with Crippen LogP contribution in [-0.4, -0.2) is 45.3 Å². The molecule has 1 heterocycles. The highest BCUT2D eigenvalue weighted by Gasteiger charge is 2.45. The van der Waals surface area contributed by atoms with E-state index in [2.05, 4.69) is 0 Å². The average molecular weight is 293 g/mol. The Labute approximate surface area is 118 Å². The third-order valence-electron chi connectivity index (χ3n) is 4.04. The lowest BCUT2D eigenvalue weighted by atomic mass is 9.73. The van der Waals surface area contributed by atoms with Gasteiger partial charge < -0.3 is 15.1 Å². The lowest BCUT2D eigenvalue weighted by molar-refractivity contribution is -0.0869. The fraction of sp³-hybridized carbons (Fsp3) is 0.929. The monoisotopic (exact) mass is 293 g/mol. The quantitative estimate of drug-likeness (QED) is 0.839. The van der Waals surface area contributed by atoms with Crippen molar-refractivity contribution in [1.29, 1.82) is 0 Å². The van der Waals surface area contributed by atoms with Crippen LogP contribution in [0.2, 0.25) is 0 Å².